The number of benzene rings is 2. The molecule has 0 aliphatic carbocycles. The summed E-state index contributed by atoms with van der Waals surface area (Å²) in [6, 6.07) is 10.1. The molecule has 2 atom stereocenters. The first-order valence-electron chi connectivity index (χ1n) is 10.1. The number of carboxylic acids is 1. The minimum atomic E-state index is -1.15. The third kappa shape index (κ3) is 4.02. The van der Waals surface area contributed by atoms with Crippen LogP contribution in [0.3, 0.4) is 0 Å². The number of hydrogen-bond donors (Lipinski definition) is 2. The minimum absolute atomic E-state index is 0.371. The number of nitrogens with zero attached hydrogens (tertiary/aromatic N) is 4. The van der Waals surface area contributed by atoms with Crippen molar-refractivity contribution in [1.29, 1.82) is 0 Å². The number of aromatic nitrogens is 3. The second-order valence-electron chi connectivity index (χ2n) is 7.77. The summed E-state index contributed by atoms with van der Waals surface area (Å²) >= 11 is 0. The van der Waals surface area contributed by atoms with Gasteiger partial charge in [0.2, 0.25) is 0 Å². The van der Waals surface area contributed by atoms with Gasteiger partial charge in [0.25, 0.3) is 5.91 Å². The number of fused-ring (bicyclic) bond motifs is 1. The Morgan fingerprint density at radius 1 is 1.22 bits per heavy atom. The molecule has 2 N–H and O–H groups in total. The number of methoxy groups -OCH3 is 1. The van der Waals surface area contributed by atoms with Gasteiger partial charge in [-0.05, 0) is 35.4 Å². The molecule has 1 aromatic heterocycles. The van der Waals surface area contributed by atoms with E-state index in [1.54, 1.807) is 43.1 Å². The third-order valence-corrected chi connectivity index (χ3v) is 5.52. The predicted octanol–water partition coefficient (Wildman–Crippen LogP) is 2.21. The molecular weight excluding hydrogens is 410 g/mol. The van der Waals surface area contributed by atoms with Crippen molar-refractivity contribution in [2.45, 2.75) is 31.7 Å². The van der Waals surface area contributed by atoms with Gasteiger partial charge >= 0.3 is 5.97 Å². The SMILES string of the molecule is COCc1cnnn1Cc1ccc(C(=O)NC2(C)C=CC=NC2C(=O)O)c2ccccc12. The second-order valence-corrected chi connectivity index (χ2v) is 7.77. The van der Waals surface area contributed by atoms with Crippen molar-refractivity contribution in [2.24, 2.45) is 4.99 Å². The number of amides is 1. The summed E-state index contributed by atoms with van der Waals surface area (Å²) < 4.78 is 6.96. The number of allylic oxidation sites excluding steroid dienone is 1. The van der Waals surface area contributed by atoms with Crippen LogP contribution in [0.25, 0.3) is 10.8 Å². The highest BCUT2D eigenvalue weighted by Gasteiger charge is 2.39. The molecule has 0 fully saturated rings. The van der Waals surface area contributed by atoms with Crippen molar-refractivity contribution in [1.82, 2.24) is 20.3 Å². The standard InChI is InChI=1S/C23H23N5O4/c1-23(10-5-11-24-20(23)22(30)31)26-21(29)19-9-8-15(17-6-3-4-7-18(17)19)13-28-16(14-32-2)12-25-27-28/h3-12,20H,13-14H2,1-2H3,(H,26,29)(H,30,31). The summed E-state index contributed by atoms with van der Waals surface area (Å²) in [6.45, 7) is 2.51. The molecule has 2 aromatic carbocycles. The molecule has 2 heterocycles. The maximum Gasteiger partial charge on any atom is 0.331 e. The number of carbonyl (C=O) groups excluding carboxylic acids is 1. The van der Waals surface area contributed by atoms with Gasteiger partial charge in [-0.1, -0.05) is 41.6 Å². The lowest BCUT2D eigenvalue weighted by Crippen LogP contribution is -2.56. The van der Waals surface area contributed by atoms with E-state index >= 15 is 0 Å². The lowest BCUT2D eigenvalue weighted by atomic mass is 9.89. The van der Waals surface area contributed by atoms with Crippen molar-refractivity contribution in [3.63, 3.8) is 0 Å². The second kappa shape index (κ2) is 8.72. The Morgan fingerprint density at radius 2 is 2.00 bits per heavy atom. The molecular formula is C23H23N5O4. The molecule has 3 aromatic rings. The van der Waals surface area contributed by atoms with Crippen LogP contribution in [0, 0.1) is 0 Å². The van der Waals surface area contributed by atoms with Crippen LogP contribution in [0.4, 0.5) is 0 Å². The average Bonchev–Trinajstić information content (AvgIpc) is 3.20. The van der Waals surface area contributed by atoms with Crippen molar-refractivity contribution in [3.8, 4) is 0 Å². The van der Waals surface area contributed by atoms with Crippen LogP contribution in [-0.4, -0.2) is 56.9 Å². The zero-order chi connectivity index (χ0) is 22.7. The van der Waals surface area contributed by atoms with Crippen LogP contribution in [-0.2, 0) is 22.7 Å². The summed E-state index contributed by atoms with van der Waals surface area (Å²) in [6.07, 6.45) is 6.37. The number of dihydropyridines is 1. The predicted molar refractivity (Wildman–Crippen MR) is 119 cm³/mol. The lowest BCUT2D eigenvalue weighted by Gasteiger charge is -2.32. The van der Waals surface area contributed by atoms with Gasteiger partial charge in [0.05, 0.1) is 30.6 Å². The number of carbonyl (C=O) groups is 2. The molecule has 4 rings (SSSR count). The molecule has 164 valence electrons. The van der Waals surface area contributed by atoms with Crippen molar-refractivity contribution in [2.75, 3.05) is 7.11 Å². The fourth-order valence-electron chi connectivity index (χ4n) is 3.90. The molecule has 2 unspecified atom stereocenters. The van der Waals surface area contributed by atoms with Gasteiger partial charge in [-0.15, -0.1) is 5.10 Å². The summed E-state index contributed by atoms with van der Waals surface area (Å²) in [7, 11) is 1.61. The van der Waals surface area contributed by atoms with Gasteiger partial charge in [0.1, 0.15) is 0 Å². The average molecular weight is 433 g/mol. The van der Waals surface area contributed by atoms with E-state index in [1.807, 2.05) is 30.3 Å². The van der Waals surface area contributed by atoms with E-state index in [4.69, 9.17) is 4.74 Å². The van der Waals surface area contributed by atoms with Crippen LogP contribution in [0.1, 0.15) is 28.5 Å². The molecule has 0 bridgehead atoms. The van der Waals surface area contributed by atoms with Crippen LogP contribution < -0.4 is 5.32 Å². The highest BCUT2D eigenvalue weighted by Crippen LogP contribution is 2.26. The van der Waals surface area contributed by atoms with E-state index in [0.29, 0.717) is 18.7 Å². The summed E-state index contributed by atoms with van der Waals surface area (Å²) in [4.78, 5) is 28.9. The summed E-state index contributed by atoms with van der Waals surface area (Å²) in [5.41, 5.74) is 1.12. The largest absolute Gasteiger partial charge is 0.480 e. The molecule has 9 nitrogen and oxygen atoms in total. The first-order chi connectivity index (χ1) is 15.4. The molecule has 0 spiro atoms. The van der Waals surface area contributed by atoms with Crippen molar-refractivity contribution < 1.29 is 19.4 Å². The van der Waals surface area contributed by atoms with E-state index in [0.717, 1.165) is 22.0 Å². The summed E-state index contributed by atoms with van der Waals surface area (Å²) in [5.74, 6) is -1.47. The Morgan fingerprint density at radius 3 is 2.75 bits per heavy atom. The fraction of sp³-hybridized carbons (Fsp3) is 0.261. The van der Waals surface area contributed by atoms with Gasteiger partial charge < -0.3 is 15.2 Å². The molecule has 32 heavy (non-hydrogen) atoms. The maximum atomic E-state index is 13.2. The number of hydrogen-bond acceptors (Lipinski definition) is 6. The number of aliphatic imine (C=N–C) groups is 1. The number of rotatable bonds is 7. The fourth-order valence-corrected chi connectivity index (χ4v) is 3.90. The number of ether oxygens (including phenoxy) is 1. The maximum absolute atomic E-state index is 13.2. The lowest BCUT2D eigenvalue weighted by molar-refractivity contribution is -0.139. The third-order valence-electron chi connectivity index (χ3n) is 5.52. The highest BCUT2D eigenvalue weighted by atomic mass is 16.5. The minimum Gasteiger partial charge on any atom is -0.480 e. The van der Waals surface area contributed by atoms with Crippen molar-refractivity contribution >= 4 is 28.9 Å². The number of aliphatic carboxylic acids is 1. The molecule has 1 aliphatic rings. The van der Waals surface area contributed by atoms with E-state index in [2.05, 4.69) is 20.6 Å². The summed E-state index contributed by atoms with van der Waals surface area (Å²) in [5, 5.41) is 22.1. The van der Waals surface area contributed by atoms with Crippen LogP contribution in [0.15, 0.2) is 59.7 Å². The molecule has 1 aliphatic heterocycles. The zero-order valence-electron chi connectivity index (χ0n) is 17.7. The van der Waals surface area contributed by atoms with Gasteiger partial charge in [0.15, 0.2) is 6.04 Å². The van der Waals surface area contributed by atoms with E-state index in [9.17, 15) is 14.7 Å². The monoisotopic (exact) mass is 433 g/mol. The molecule has 0 saturated heterocycles. The molecule has 0 radical (unpaired) electrons. The molecule has 1 amide bonds. The smallest absolute Gasteiger partial charge is 0.331 e. The van der Waals surface area contributed by atoms with Gasteiger partial charge in [-0.2, -0.15) is 0 Å². The van der Waals surface area contributed by atoms with Gasteiger partial charge in [0, 0.05) is 18.9 Å². The quantitative estimate of drug-likeness (QED) is 0.590. The van der Waals surface area contributed by atoms with Crippen LogP contribution in [0.2, 0.25) is 0 Å². The Bertz CT molecular complexity index is 1230. The Kier molecular flexibility index (Phi) is 5.83. The first-order valence-corrected chi connectivity index (χ1v) is 10.1. The van der Waals surface area contributed by atoms with Gasteiger partial charge in [-0.25, -0.2) is 9.48 Å². The Hall–Kier alpha value is -3.85. The first kappa shape index (κ1) is 21.4. The molecule has 9 heteroatoms. The van der Waals surface area contributed by atoms with E-state index in [-0.39, 0.29) is 5.91 Å². The number of nitrogens with one attached hydrogen (secondary N) is 1. The van der Waals surface area contributed by atoms with Gasteiger partial charge in [-0.3, -0.25) is 9.79 Å². The normalized spacial score (nSPS) is 19.9. The Labute approximate surface area is 184 Å². The highest BCUT2D eigenvalue weighted by molar-refractivity contribution is 6.08. The van der Waals surface area contributed by atoms with Crippen LogP contribution >= 0.6 is 0 Å². The molecule has 0 saturated carbocycles. The Balaban J connectivity index is 1.67. The number of carboxylic acid groups (broad SMARTS) is 1. The zero-order valence-corrected chi connectivity index (χ0v) is 17.7. The van der Waals surface area contributed by atoms with E-state index < -0.39 is 17.6 Å². The van der Waals surface area contributed by atoms with Crippen LogP contribution in [0.5, 0.6) is 0 Å². The van der Waals surface area contributed by atoms with Crippen molar-refractivity contribution in [3.05, 3.63) is 71.6 Å². The topological polar surface area (TPSA) is 119 Å². The van der Waals surface area contributed by atoms with E-state index in [1.165, 1.54) is 6.21 Å².